The topological polar surface area (TPSA) is 84.0 Å². The average Bonchev–Trinajstić information content (AvgIpc) is 3.54. The number of benzene rings is 1. The molecule has 2 N–H and O–H groups in total. The number of nitrogens with one attached hydrogen (secondary N) is 2. The van der Waals surface area contributed by atoms with E-state index in [1.54, 1.807) is 23.6 Å². The monoisotopic (exact) mass is 568 g/mol. The second-order valence-electron chi connectivity index (χ2n) is 9.43. The molecule has 0 atom stereocenters. The number of hydrogen-bond donors (Lipinski definition) is 2. The Morgan fingerprint density at radius 3 is 2.62 bits per heavy atom. The van der Waals surface area contributed by atoms with E-state index in [1.807, 2.05) is 36.0 Å². The van der Waals surface area contributed by atoms with Crippen molar-refractivity contribution in [2.45, 2.75) is 47.3 Å². The summed E-state index contributed by atoms with van der Waals surface area (Å²) in [6.45, 7) is 0.478. The van der Waals surface area contributed by atoms with Gasteiger partial charge in [0.15, 0.2) is 5.13 Å². The van der Waals surface area contributed by atoms with E-state index >= 15 is 0 Å². The predicted molar refractivity (Wildman–Crippen MR) is 154 cm³/mol. The number of nitrogens with zero attached hydrogens (tertiary/aromatic N) is 2. The van der Waals surface area contributed by atoms with E-state index in [9.17, 15) is 8.42 Å². The van der Waals surface area contributed by atoms with Crippen LogP contribution in [0.2, 0.25) is 0 Å². The minimum Gasteiger partial charge on any atom is -0.359 e. The lowest BCUT2D eigenvalue weighted by Gasteiger charge is -2.29. The van der Waals surface area contributed by atoms with Gasteiger partial charge in [-0.25, -0.2) is 18.1 Å². The van der Waals surface area contributed by atoms with E-state index in [-0.39, 0.29) is 0 Å². The average molecular weight is 569 g/mol. The SMILES string of the molecule is O=S(=O)(NC[C@H]1CC[C@H](Nc2nc3c(s2)CCSc2ccccc2-3)CC1)c1ccc(-c2ccccn2)s1. The van der Waals surface area contributed by atoms with E-state index in [0.29, 0.717) is 22.7 Å². The first kappa shape index (κ1) is 25.1. The molecule has 0 radical (unpaired) electrons. The minimum absolute atomic E-state index is 0.340. The van der Waals surface area contributed by atoms with Crippen LogP contribution in [-0.4, -0.2) is 36.7 Å². The smallest absolute Gasteiger partial charge is 0.250 e. The summed E-state index contributed by atoms with van der Waals surface area (Å²) in [6, 6.07) is 18.1. The highest BCUT2D eigenvalue weighted by atomic mass is 32.2. The van der Waals surface area contributed by atoms with Crippen molar-refractivity contribution in [1.82, 2.24) is 14.7 Å². The molecule has 10 heteroatoms. The van der Waals surface area contributed by atoms with Gasteiger partial charge in [0.25, 0.3) is 0 Å². The number of fused-ring (bicyclic) bond motifs is 3. The van der Waals surface area contributed by atoms with Gasteiger partial charge in [0.2, 0.25) is 10.0 Å². The van der Waals surface area contributed by atoms with Crippen LogP contribution in [0.1, 0.15) is 30.6 Å². The highest BCUT2D eigenvalue weighted by Crippen LogP contribution is 2.41. The van der Waals surface area contributed by atoms with E-state index in [4.69, 9.17) is 4.98 Å². The Morgan fingerprint density at radius 1 is 0.946 bits per heavy atom. The zero-order valence-corrected chi connectivity index (χ0v) is 23.5. The molecule has 1 aromatic carbocycles. The van der Waals surface area contributed by atoms with Gasteiger partial charge in [0, 0.05) is 39.9 Å². The number of anilines is 1. The second-order valence-corrected chi connectivity index (χ2v) is 14.7. The van der Waals surface area contributed by atoms with Crippen LogP contribution in [0.25, 0.3) is 21.8 Å². The van der Waals surface area contributed by atoms with Crippen LogP contribution in [0.15, 0.2) is 69.9 Å². The van der Waals surface area contributed by atoms with Gasteiger partial charge in [-0.3, -0.25) is 4.98 Å². The molecule has 1 aliphatic heterocycles. The molecule has 6 nitrogen and oxygen atoms in total. The molecule has 1 aliphatic carbocycles. The molecule has 4 aromatic rings. The molecule has 1 saturated carbocycles. The third kappa shape index (κ3) is 5.63. The Bertz CT molecular complexity index is 1480. The van der Waals surface area contributed by atoms with Crippen molar-refractivity contribution in [2.75, 3.05) is 17.6 Å². The number of thiophene rings is 1. The Labute approximate surface area is 230 Å². The first-order valence-corrected chi connectivity index (χ1v) is 16.6. The number of pyridine rings is 1. The Kier molecular flexibility index (Phi) is 7.36. The zero-order chi connectivity index (χ0) is 25.2. The minimum atomic E-state index is -3.52. The van der Waals surface area contributed by atoms with Gasteiger partial charge in [0.05, 0.1) is 16.3 Å². The molecule has 1 fully saturated rings. The number of thioether (sulfide) groups is 1. The maximum atomic E-state index is 12.9. The van der Waals surface area contributed by atoms with Gasteiger partial charge in [0.1, 0.15) is 4.21 Å². The number of rotatable bonds is 7. The number of thiazole rings is 1. The molecule has 0 bridgehead atoms. The fraction of sp³-hybridized carbons (Fsp3) is 0.333. The molecule has 3 aromatic heterocycles. The van der Waals surface area contributed by atoms with Gasteiger partial charge >= 0.3 is 0 Å². The van der Waals surface area contributed by atoms with Crippen molar-refractivity contribution in [3.8, 4) is 21.8 Å². The van der Waals surface area contributed by atoms with Crippen molar-refractivity contribution < 1.29 is 8.42 Å². The quantitative estimate of drug-likeness (QED) is 0.264. The van der Waals surface area contributed by atoms with E-state index in [1.165, 1.54) is 26.7 Å². The molecule has 6 rings (SSSR count). The van der Waals surface area contributed by atoms with Crippen LogP contribution >= 0.6 is 34.4 Å². The molecule has 192 valence electrons. The number of aromatic nitrogens is 2. The van der Waals surface area contributed by atoms with Crippen molar-refractivity contribution >= 4 is 49.6 Å². The first-order valence-electron chi connectivity index (χ1n) is 12.5. The predicted octanol–water partition coefficient (Wildman–Crippen LogP) is 6.53. The molecule has 4 heterocycles. The highest BCUT2D eigenvalue weighted by Gasteiger charge is 2.26. The maximum Gasteiger partial charge on any atom is 0.250 e. The van der Waals surface area contributed by atoms with E-state index in [2.05, 4.69) is 39.3 Å². The summed E-state index contributed by atoms with van der Waals surface area (Å²) < 4.78 is 29.0. The first-order chi connectivity index (χ1) is 18.0. The molecule has 2 aliphatic rings. The van der Waals surface area contributed by atoms with Gasteiger partial charge in [-0.15, -0.1) is 34.4 Å². The molecule has 0 saturated heterocycles. The lowest BCUT2D eigenvalue weighted by atomic mass is 9.86. The Morgan fingerprint density at radius 2 is 1.78 bits per heavy atom. The Hall–Kier alpha value is -2.24. The van der Waals surface area contributed by atoms with Crippen molar-refractivity contribution in [3.63, 3.8) is 0 Å². The number of sulfonamides is 1. The summed E-state index contributed by atoms with van der Waals surface area (Å²) in [5.41, 5.74) is 3.17. The molecule has 0 spiro atoms. The lowest BCUT2D eigenvalue weighted by Crippen LogP contribution is -2.33. The summed E-state index contributed by atoms with van der Waals surface area (Å²) in [7, 11) is -3.52. The number of aryl methyl sites for hydroxylation is 1. The van der Waals surface area contributed by atoms with Gasteiger partial charge in [-0.05, 0) is 68.4 Å². The molecule has 0 amide bonds. The van der Waals surface area contributed by atoms with Crippen LogP contribution in [0, 0.1) is 5.92 Å². The third-order valence-corrected chi connectivity index (χ3v) is 12.1. The fourth-order valence-electron chi connectivity index (χ4n) is 4.93. The second kappa shape index (κ2) is 10.9. The number of hydrogen-bond acceptors (Lipinski definition) is 8. The molecular weight excluding hydrogens is 541 g/mol. The van der Waals surface area contributed by atoms with E-state index in [0.717, 1.165) is 59.3 Å². The van der Waals surface area contributed by atoms with E-state index < -0.39 is 10.0 Å². The van der Waals surface area contributed by atoms with Crippen LogP contribution in [0.4, 0.5) is 5.13 Å². The summed E-state index contributed by atoms with van der Waals surface area (Å²) >= 11 is 4.96. The maximum absolute atomic E-state index is 12.9. The summed E-state index contributed by atoms with van der Waals surface area (Å²) in [6.07, 6.45) is 6.80. The van der Waals surface area contributed by atoms with Crippen LogP contribution in [0.5, 0.6) is 0 Å². The van der Waals surface area contributed by atoms with Crippen molar-refractivity contribution in [2.24, 2.45) is 5.92 Å². The summed E-state index contributed by atoms with van der Waals surface area (Å²) in [5, 5.41) is 4.70. The largest absolute Gasteiger partial charge is 0.359 e. The third-order valence-electron chi connectivity index (χ3n) is 6.93. The summed E-state index contributed by atoms with van der Waals surface area (Å²) in [5.74, 6) is 1.43. The molecule has 37 heavy (non-hydrogen) atoms. The molecule has 0 unspecified atom stereocenters. The fourth-order valence-corrected chi connectivity index (χ4v) is 9.58. The van der Waals surface area contributed by atoms with Crippen LogP contribution < -0.4 is 10.0 Å². The van der Waals surface area contributed by atoms with Crippen LogP contribution in [-0.2, 0) is 16.4 Å². The standard InChI is InChI=1S/C27H28N4O2S4/c32-37(33,25-13-12-23(35-25)21-6-3-4-15-28-21)29-17-18-8-10-19(11-9-18)30-27-31-26-20-5-1-2-7-22(20)34-16-14-24(26)36-27/h1-7,12-13,15,18-19,29H,8-11,14,16-17H2,(H,30,31)/t18-,19-. The zero-order valence-electron chi connectivity index (χ0n) is 20.2. The van der Waals surface area contributed by atoms with Gasteiger partial charge in [-0.1, -0.05) is 24.3 Å². The van der Waals surface area contributed by atoms with Crippen molar-refractivity contribution in [3.05, 3.63) is 65.7 Å². The van der Waals surface area contributed by atoms with Gasteiger partial charge < -0.3 is 5.32 Å². The summed E-state index contributed by atoms with van der Waals surface area (Å²) in [4.78, 5) is 12.8. The highest BCUT2D eigenvalue weighted by molar-refractivity contribution is 7.99. The van der Waals surface area contributed by atoms with Gasteiger partial charge in [-0.2, -0.15) is 0 Å². The Balaban J connectivity index is 1.03. The van der Waals surface area contributed by atoms with Crippen LogP contribution in [0.3, 0.4) is 0 Å². The molecular formula is C27H28N4O2S4. The lowest BCUT2D eigenvalue weighted by molar-refractivity contribution is 0.337. The van der Waals surface area contributed by atoms with Crippen molar-refractivity contribution in [1.29, 1.82) is 0 Å². The normalized spacial score (nSPS) is 19.6.